The minimum Gasteiger partial charge on any atom is -0.366 e. The van der Waals surface area contributed by atoms with Crippen molar-refractivity contribution in [1.82, 2.24) is 4.90 Å². The van der Waals surface area contributed by atoms with Crippen LogP contribution in [0, 0.1) is 5.82 Å². The lowest BCUT2D eigenvalue weighted by molar-refractivity contribution is -0.116. The number of nitrogens with zero attached hydrogens (tertiary/aromatic N) is 2. The summed E-state index contributed by atoms with van der Waals surface area (Å²) < 4.78 is 13.9. The molecule has 3 rings (SSSR count). The smallest absolute Gasteiger partial charge is 0.256 e. The Morgan fingerprint density at radius 2 is 1.80 bits per heavy atom. The first-order chi connectivity index (χ1) is 14.5. The van der Waals surface area contributed by atoms with E-state index >= 15 is 0 Å². The fourth-order valence-electron chi connectivity index (χ4n) is 3.59. The van der Waals surface area contributed by atoms with E-state index in [1.807, 2.05) is 6.07 Å². The number of hydrogen-bond donors (Lipinski definition) is 1. The minimum absolute atomic E-state index is 0.0275. The summed E-state index contributed by atoms with van der Waals surface area (Å²) in [7, 11) is 0. The van der Waals surface area contributed by atoms with Gasteiger partial charge in [-0.05, 0) is 36.8 Å². The molecule has 2 amide bonds. The zero-order chi connectivity index (χ0) is 21.5. The van der Waals surface area contributed by atoms with Crippen molar-refractivity contribution in [2.24, 2.45) is 0 Å². The Morgan fingerprint density at radius 3 is 2.50 bits per heavy atom. The van der Waals surface area contributed by atoms with E-state index < -0.39 is 5.82 Å². The second kappa shape index (κ2) is 10.4. The molecule has 2 aromatic rings. The lowest BCUT2D eigenvalue weighted by atomic mass is 10.1. The van der Waals surface area contributed by atoms with E-state index in [0.29, 0.717) is 43.3 Å². The van der Waals surface area contributed by atoms with Crippen molar-refractivity contribution in [3.8, 4) is 0 Å². The molecule has 1 aliphatic rings. The topological polar surface area (TPSA) is 52.7 Å². The third kappa shape index (κ3) is 5.51. The fraction of sp³-hybridized carbons (Fsp3) is 0.391. The number of amides is 2. The highest BCUT2D eigenvalue weighted by atomic mass is 35.5. The third-order valence-electron chi connectivity index (χ3n) is 5.25. The van der Waals surface area contributed by atoms with Crippen molar-refractivity contribution in [3.63, 3.8) is 0 Å². The standard InChI is InChI=1S/C23H27ClFN3O2/c1-2-3-4-9-22(29)26-20-16-17(24)10-11-21(20)27-12-14-28(15-13-27)23(30)18-7-5-6-8-19(18)25/h5-8,10-11,16H,2-4,9,12-15H2,1H3,(H,26,29). The number of anilines is 2. The molecule has 7 heteroatoms. The normalized spacial score (nSPS) is 14.0. The highest BCUT2D eigenvalue weighted by Gasteiger charge is 2.25. The van der Waals surface area contributed by atoms with Crippen LogP contribution in [-0.2, 0) is 4.79 Å². The molecule has 0 unspecified atom stereocenters. The molecule has 2 aromatic carbocycles. The molecular formula is C23H27ClFN3O2. The molecule has 30 heavy (non-hydrogen) atoms. The summed E-state index contributed by atoms with van der Waals surface area (Å²) in [5.41, 5.74) is 1.65. The van der Waals surface area contributed by atoms with Crippen LogP contribution in [0.4, 0.5) is 15.8 Å². The Bertz CT molecular complexity index is 898. The molecule has 0 aromatic heterocycles. The molecule has 1 N–H and O–H groups in total. The van der Waals surface area contributed by atoms with Crippen molar-refractivity contribution in [1.29, 1.82) is 0 Å². The summed E-state index contributed by atoms with van der Waals surface area (Å²) in [6, 6.07) is 11.5. The Kier molecular flexibility index (Phi) is 7.69. The van der Waals surface area contributed by atoms with Crippen LogP contribution in [0.25, 0.3) is 0 Å². The number of piperazine rings is 1. The quantitative estimate of drug-likeness (QED) is 0.630. The molecular weight excluding hydrogens is 405 g/mol. The first kappa shape index (κ1) is 22.1. The van der Waals surface area contributed by atoms with Crippen molar-refractivity contribution < 1.29 is 14.0 Å². The molecule has 5 nitrogen and oxygen atoms in total. The summed E-state index contributed by atoms with van der Waals surface area (Å²) in [4.78, 5) is 28.7. The van der Waals surface area contributed by atoms with E-state index in [2.05, 4.69) is 17.1 Å². The second-order valence-electron chi connectivity index (χ2n) is 7.43. The first-order valence-electron chi connectivity index (χ1n) is 10.4. The van der Waals surface area contributed by atoms with Crippen LogP contribution in [0.15, 0.2) is 42.5 Å². The highest BCUT2D eigenvalue weighted by molar-refractivity contribution is 6.31. The van der Waals surface area contributed by atoms with Crippen LogP contribution in [-0.4, -0.2) is 42.9 Å². The summed E-state index contributed by atoms with van der Waals surface area (Å²) in [6.07, 6.45) is 3.42. The number of halogens is 2. The Labute approximate surface area is 181 Å². The van der Waals surface area contributed by atoms with Gasteiger partial charge in [-0.15, -0.1) is 0 Å². The average molecular weight is 432 g/mol. The van der Waals surface area contributed by atoms with Gasteiger partial charge >= 0.3 is 0 Å². The van der Waals surface area contributed by atoms with Crippen molar-refractivity contribution in [2.75, 3.05) is 36.4 Å². The number of benzene rings is 2. The summed E-state index contributed by atoms with van der Waals surface area (Å²) in [5.74, 6) is -0.829. The lowest BCUT2D eigenvalue weighted by Crippen LogP contribution is -2.49. The maximum absolute atomic E-state index is 13.9. The van der Waals surface area contributed by atoms with E-state index in [-0.39, 0.29) is 17.4 Å². The number of carbonyl (C=O) groups is 2. The Balaban J connectivity index is 1.66. The molecule has 0 saturated carbocycles. The minimum atomic E-state index is -0.504. The second-order valence-corrected chi connectivity index (χ2v) is 7.86. The monoisotopic (exact) mass is 431 g/mol. The van der Waals surface area contributed by atoms with E-state index in [4.69, 9.17) is 11.6 Å². The summed E-state index contributed by atoms with van der Waals surface area (Å²) >= 11 is 6.16. The summed E-state index contributed by atoms with van der Waals surface area (Å²) in [5, 5.41) is 3.53. The highest BCUT2D eigenvalue weighted by Crippen LogP contribution is 2.30. The molecule has 1 fully saturated rings. The SMILES string of the molecule is CCCCCC(=O)Nc1cc(Cl)ccc1N1CCN(C(=O)c2ccccc2F)CC1. The predicted octanol–water partition coefficient (Wildman–Crippen LogP) is 4.96. The van der Waals surface area contributed by atoms with E-state index in [0.717, 1.165) is 24.9 Å². The third-order valence-corrected chi connectivity index (χ3v) is 5.49. The first-order valence-corrected chi connectivity index (χ1v) is 10.8. The van der Waals surface area contributed by atoms with Crippen LogP contribution in [0.1, 0.15) is 43.0 Å². The zero-order valence-electron chi connectivity index (χ0n) is 17.2. The lowest BCUT2D eigenvalue weighted by Gasteiger charge is -2.37. The fourth-order valence-corrected chi connectivity index (χ4v) is 3.76. The van der Waals surface area contributed by atoms with Gasteiger partial charge < -0.3 is 15.1 Å². The number of nitrogens with one attached hydrogen (secondary N) is 1. The van der Waals surface area contributed by atoms with Crippen LogP contribution in [0.3, 0.4) is 0 Å². The van der Waals surface area contributed by atoms with Gasteiger partial charge in [0.15, 0.2) is 0 Å². The van der Waals surface area contributed by atoms with E-state index in [1.54, 1.807) is 29.2 Å². The predicted molar refractivity (Wildman–Crippen MR) is 119 cm³/mol. The van der Waals surface area contributed by atoms with E-state index in [1.165, 1.54) is 12.1 Å². The van der Waals surface area contributed by atoms with Gasteiger partial charge in [-0.2, -0.15) is 0 Å². The van der Waals surface area contributed by atoms with E-state index in [9.17, 15) is 14.0 Å². The van der Waals surface area contributed by atoms with Crippen LogP contribution in [0.5, 0.6) is 0 Å². The van der Waals surface area contributed by atoms with Gasteiger partial charge in [0.2, 0.25) is 5.91 Å². The van der Waals surface area contributed by atoms with Gasteiger partial charge in [0.25, 0.3) is 5.91 Å². The molecule has 0 spiro atoms. The molecule has 0 aliphatic carbocycles. The molecule has 0 atom stereocenters. The van der Waals surface area contributed by atoms with Gasteiger partial charge in [0.05, 0.1) is 16.9 Å². The van der Waals surface area contributed by atoms with Crippen molar-refractivity contribution in [3.05, 3.63) is 58.9 Å². The number of rotatable bonds is 7. The van der Waals surface area contributed by atoms with Gasteiger partial charge in [0.1, 0.15) is 5.82 Å². The van der Waals surface area contributed by atoms with Crippen molar-refractivity contribution in [2.45, 2.75) is 32.6 Å². The molecule has 0 bridgehead atoms. The van der Waals surface area contributed by atoms with Gasteiger partial charge in [-0.3, -0.25) is 9.59 Å². The number of hydrogen-bond acceptors (Lipinski definition) is 3. The largest absolute Gasteiger partial charge is 0.366 e. The van der Waals surface area contributed by atoms with Crippen LogP contribution in [0.2, 0.25) is 5.02 Å². The Hall–Kier alpha value is -2.60. The van der Waals surface area contributed by atoms with Gasteiger partial charge in [-0.25, -0.2) is 4.39 Å². The van der Waals surface area contributed by atoms with Gasteiger partial charge in [-0.1, -0.05) is 43.5 Å². The van der Waals surface area contributed by atoms with Crippen LogP contribution >= 0.6 is 11.6 Å². The molecule has 1 aliphatic heterocycles. The van der Waals surface area contributed by atoms with Crippen molar-refractivity contribution >= 4 is 34.8 Å². The molecule has 0 radical (unpaired) electrons. The maximum atomic E-state index is 13.9. The summed E-state index contributed by atoms with van der Waals surface area (Å²) in [6.45, 7) is 4.21. The number of unbranched alkanes of at least 4 members (excludes halogenated alkanes) is 2. The molecule has 160 valence electrons. The maximum Gasteiger partial charge on any atom is 0.256 e. The molecule has 1 heterocycles. The number of carbonyl (C=O) groups excluding carboxylic acids is 2. The average Bonchev–Trinajstić information content (AvgIpc) is 2.74. The van der Waals surface area contributed by atoms with Crippen LogP contribution < -0.4 is 10.2 Å². The zero-order valence-corrected chi connectivity index (χ0v) is 17.9. The Morgan fingerprint density at radius 1 is 1.07 bits per heavy atom. The molecule has 1 saturated heterocycles. The van der Waals surface area contributed by atoms with Gasteiger partial charge in [0, 0.05) is 37.6 Å².